The smallest absolute Gasteiger partial charge is 0.268 e. The van der Waals surface area contributed by atoms with Crippen LogP contribution in [0.1, 0.15) is 0 Å². The minimum Gasteiger partial charge on any atom is -0.369 e. The molecule has 1 aromatic rings. The average molecular weight is 274 g/mol. The van der Waals surface area contributed by atoms with E-state index >= 15 is 0 Å². The van der Waals surface area contributed by atoms with E-state index in [4.69, 9.17) is 34.7 Å². The van der Waals surface area contributed by atoms with Crippen LogP contribution in [0.5, 0.6) is 0 Å². The zero-order chi connectivity index (χ0) is 12.8. The Morgan fingerprint density at radius 1 is 1.29 bits per heavy atom. The molecule has 5 N–H and O–H groups in total. The Morgan fingerprint density at radius 3 is 2.59 bits per heavy atom. The molecule has 0 unspecified atom stereocenters. The molecular formula is C9H9Cl2N5O. The maximum atomic E-state index is 11.3. The largest absolute Gasteiger partial charge is 0.369 e. The first-order chi connectivity index (χ1) is 7.99. The summed E-state index contributed by atoms with van der Waals surface area (Å²) in [6.45, 7) is 0. The third kappa shape index (κ3) is 4.71. The van der Waals surface area contributed by atoms with Gasteiger partial charge < -0.3 is 16.8 Å². The molecule has 0 spiro atoms. The second-order valence-corrected chi connectivity index (χ2v) is 3.70. The minimum absolute atomic E-state index is 0.233. The normalized spacial score (nSPS) is 10.2. The van der Waals surface area contributed by atoms with Crippen LogP contribution in [0.25, 0.3) is 0 Å². The van der Waals surface area contributed by atoms with Crippen molar-refractivity contribution in [1.82, 2.24) is 0 Å². The predicted octanol–water partition coefficient (Wildman–Crippen LogP) is 1.19. The molecule has 0 saturated heterocycles. The highest BCUT2D eigenvalue weighted by molar-refractivity contribution is 6.42. The van der Waals surface area contributed by atoms with Crippen molar-refractivity contribution in [3.8, 4) is 0 Å². The van der Waals surface area contributed by atoms with Gasteiger partial charge in [-0.1, -0.05) is 23.2 Å². The molecule has 0 bridgehead atoms. The summed E-state index contributed by atoms with van der Waals surface area (Å²) < 4.78 is 0. The molecule has 90 valence electrons. The molecule has 1 rings (SSSR count). The lowest BCUT2D eigenvalue weighted by molar-refractivity contribution is -0.110. The van der Waals surface area contributed by atoms with Crippen LogP contribution < -0.4 is 16.8 Å². The first-order valence-electron chi connectivity index (χ1n) is 4.37. The molecule has 0 radical (unpaired) electrons. The summed E-state index contributed by atoms with van der Waals surface area (Å²) in [7, 11) is 0. The van der Waals surface area contributed by atoms with E-state index in [-0.39, 0.29) is 5.96 Å². The highest BCUT2D eigenvalue weighted by Crippen LogP contribution is 2.24. The number of nitrogens with one attached hydrogen (secondary N) is 1. The van der Waals surface area contributed by atoms with Gasteiger partial charge in [-0.25, -0.2) is 0 Å². The molecule has 6 nitrogen and oxygen atoms in total. The van der Waals surface area contributed by atoms with E-state index in [0.717, 1.165) is 6.21 Å². The van der Waals surface area contributed by atoms with E-state index in [1.807, 2.05) is 0 Å². The summed E-state index contributed by atoms with van der Waals surface area (Å²) in [5.74, 6) is -0.725. The van der Waals surface area contributed by atoms with Gasteiger partial charge in [-0.2, -0.15) is 0 Å². The molecule has 0 saturated carbocycles. The van der Waals surface area contributed by atoms with E-state index in [0.29, 0.717) is 15.7 Å². The summed E-state index contributed by atoms with van der Waals surface area (Å²) in [5, 5.41) is 9.86. The first kappa shape index (κ1) is 13.3. The number of nitrogens with zero attached hydrogens (tertiary/aromatic N) is 2. The number of rotatable bonds is 3. The fourth-order valence-electron chi connectivity index (χ4n) is 0.896. The van der Waals surface area contributed by atoms with Crippen LogP contribution in [0.3, 0.4) is 0 Å². The topological polar surface area (TPSA) is 106 Å². The van der Waals surface area contributed by atoms with Gasteiger partial charge >= 0.3 is 0 Å². The molecule has 0 aromatic heterocycles. The van der Waals surface area contributed by atoms with Crippen molar-refractivity contribution in [2.45, 2.75) is 0 Å². The standard InChI is InChI=1S/C9H9Cl2N5O/c10-6-2-1-5(3-7(6)11)15-8(17)4-14-16-9(12)13/h1-4H,(H,15,17)(H4,12,13,16)/b14-4+. The predicted molar refractivity (Wildman–Crippen MR) is 69.4 cm³/mol. The van der Waals surface area contributed by atoms with Crippen molar-refractivity contribution in [3.63, 3.8) is 0 Å². The number of benzene rings is 1. The number of hydrogen-bond acceptors (Lipinski definition) is 3. The summed E-state index contributed by atoms with van der Waals surface area (Å²) in [4.78, 5) is 11.3. The van der Waals surface area contributed by atoms with Gasteiger partial charge in [0, 0.05) is 5.69 Å². The van der Waals surface area contributed by atoms with E-state index in [1.165, 1.54) is 6.07 Å². The van der Waals surface area contributed by atoms with E-state index in [9.17, 15) is 4.79 Å². The molecule has 0 aliphatic carbocycles. The Hall–Kier alpha value is -1.79. The van der Waals surface area contributed by atoms with Crippen LogP contribution in [-0.4, -0.2) is 18.1 Å². The maximum Gasteiger partial charge on any atom is 0.268 e. The molecule has 0 fully saturated rings. The molecule has 0 heterocycles. The molecule has 1 aromatic carbocycles. The zero-order valence-corrected chi connectivity index (χ0v) is 10.0. The third-order valence-electron chi connectivity index (χ3n) is 1.54. The van der Waals surface area contributed by atoms with Crippen molar-refractivity contribution >= 4 is 47.0 Å². The van der Waals surface area contributed by atoms with Crippen LogP contribution >= 0.6 is 23.2 Å². The number of anilines is 1. The number of amides is 1. The van der Waals surface area contributed by atoms with Crippen molar-refractivity contribution in [1.29, 1.82) is 0 Å². The maximum absolute atomic E-state index is 11.3. The number of hydrogen-bond donors (Lipinski definition) is 3. The van der Waals surface area contributed by atoms with E-state index in [1.54, 1.807) is 12.1 Å². The zero-order valence-electron chi connectivity index (χ0n) is 8.52. The number of halogens is 2. The quantitative estimate of drug-likeness (QED) is 0.438. The Labute approximate surface area is 107 Å². The van der Waals surface area contributed by atoms with Gasteiger partial charge in [-0.05, 0) is 18.2 Å². The lowest BCUT2D eigenvalue weighted by Gasteiger charge is -2.02. The van der Waals surface area contributed by atoms with E-state index in [2.05, 4.69) is 15.5 Å². The summed E-state index contributed by atoms with van der Waals surface area (Å²) in [6, 6.07) is 4.67. The van der Waals surface area contributed by atoms with Crippen molar-refractivity contribution in [2.75, 3.05) is 5.32 Å². The number of carbonyl (C=O) groups is 1. The lowest BCUT2D eigenvalue weighted by Crippen LogP contribution is -2.22. The van der Waals surface area contributed by atoms with Crippen molar-refractivity contribution < 1.29 is 4.79 Å². The van der Waals surface area contributed by atoms with Crippen LogP contribution in [0.15, 0.2) is 28.4 Å². The summed E-state index contributed by atoms with van der Waals surface area (Å²) >= 11 is 11.5. The fourth-order valence-corrected chi connectivity index (χ4v) is 1.19. The van der Waals surface area contributed by atoms with E-state index < -0.39 is 5.91 Å². The lowest BCUT2D eigenvalue weighted by atomic mass is 10.3. The molecule has 0 atom stereocenters. The van der Waals surface area contributed by atoms with Crippen LogP contribution in [0, 0.1) is 0 Å². The molecular weight excluding hydrogens is 265 g/mol. The Kier molecular flexibility index (Phi) is 4.74. The molecule has 1 amide bonds. The van der Waals surface area contributed by atoms with Gasteiger partial charge in [0.1, 0.15) is 6.21 Å². The highest BCUT2D eigenvalue weighted by atomic mass is 35.5. The van der Waals surface area contributed by atoms with Gasteiger partial charge in [0.05, 0.1) is 10.0 Å². The first-order valence-corrected chi connectivity index (χ1v) is 5.12. The highest BCUT2D eigenvalue weighted by Gasteiger charge is 2.02. The van der Waals surface area contributed by atoms with Gasteiger partial charge in [0.15, 0.2) is 0 Å². The SMILES string of the molecule is NC(N)=N/N=C/C(=O)Nc1ccc(Cl)c(Cl)c1. The average Bonchev–Trinajstić information content (AvgIpc) is 2.23. The molecule has 0 aliphatic rings. The van der Waals surface area contributed by atoms with Crippen LogP contribution in [0.4, 0.5) is 5.69 Å². The number of carbonyl (C=O) groups excluding carboxylic acids is 1. The number of nitrogens with two attached hydrogens (primary N) is 2. The fraction of sp³-hybridized carbons (Fsp3) is 0. The minimum atomic E-state index is -0.492. The van der Waals surface area contributed by atoms with Crippen molar-refractivity contribution in [2.24, 2.45) is 21.7 Å². The van der Waals surface area contributed by atoms with Gasteiger partial charge in [-0.3, -0.25) is 4.79 Å². The molecule has 8 heteroatoms. The summed E-state index contributed by atoms with van der Waals surface area (Å²) in [5.41, 5.74) is 10.5. The van der Waals surface area contributed by atoms with Crippen LogP contribution in [-0.2, 0) is 4.79 Å². The molecule has 17 heavy (non-hydrogen) atoms. The Balaban J connectivity index is 2.65. The van der Waals surface area contributed by atoms with Gasteiger partial charge in [0.2, 0.25) is 5.96 Å². The summed E-state index contributed by atoms with van der Waals surface area (Å²) in [6.07, 6.45) is 0.933. The van der Waals surface area contributed by atoms with Crippen LogP contribution in [0.2, 0.25) is 10.0 Å². The monoisotopic (exact) mass is 273 g/mol. The van der Waals surface area contributed by atoms with Gasteiger partial charge in [-0.15, -0.1) is 10.2 Å². The molecule has 0 aliphatic heterocycles. The van der Waals surface area contributed by atoms with Gasteiger partial charge in [0.25, 0.3) is 5.91 Å². The number of guanidine groups is 1. The third-order valence-corrected chi connectivity index (χ3v) is 2.27. The second kappa shape index (κ2) is 6.07. The second-order valence-electron chi connectivity index (χ2n) is 2.89. The Bertz CT molecular complexity index is 482. The van der Waals surface area contributed by atoms with Crippen molar-refractivity contribution in [3.05, 3.63) is 28.2 Å². The Morgan fingerprint density at radius 2 is 2.00 bits per heavy atom.